The Bertz CT molecular complexity index is 683. The van der Waals surface area contributed by atoms with Gasteiger partial charge in [0.25, 0.3) is 0 Å². The normalized spacial score (nSPS) is 10.6. The minimum atomic E-state index is -0.454. The third kappa shape index (κ3) is 4.72. The van der Waals surface area contributed by atoms with Crippen molar-refractivity contribution in [3.05, 3.63) is 58.4 Å². The van der Waals surface area contributed by atoms with E-state index in [1.807, 2.05) is 18.2 Å². The van der Waals surface area contributed by atoms with E-state index in [1.165, 1.54) is 23.9 Å². The van der Waals surface area contributed by atoms with Crippen molar-refractivity contribution in [3.8, 4) is 0 Å². The van der Waals surface area contributed by atoms with Gasteiger partial charge in [-0.3, -0.25) is 4.79 Å². The Labute approximate surface area is 145 Å². The Kier molecular flexibility index (Phi) is 6.48. The number of aryl methyl sites for hydroxylation is 2. The van der Waals surface area contributed by atoms with Crippen LogP contribution < -0.4 is 5.32 Å². The summed E-state index contributed by atoms with van der Waals surface area (Å²) in [6.07, 6.45) is 1.73. The molecule has 0 radical (unpaired) electrons. The molecule has 1 N–H and O–H groups in total. The lowest BCUT2D eigenvalue weighted by molar-refractivity contribution is -0.113. The van der Waals surface area contributed by atoms with Crippen LogP contribution in [0, 0.1) is 5.82 Å². The van der Waals surface area contributed by atoms with Crippen molar-refractivity contribution in [2.45, 2.75) is 31.6 Å². The highest BCUT2D eigenvalue weighted by atomic mass is 35.5. The summed E-state index contributed by atoms with van der Waals surface area (Å²) in [5.41, 5.74) is 3.18. The molecule has 5 heteroatoms. The molecule has 0 aliphatic rings. The maximum absolute atomic E-state index is 13.1. The summed E-state index contributed by atoms with van der Waals surface area (Å²) in [5.74, 6) is -0.278. The van der Waals surface area contributed by atoms with Crippen LogP contribution in [0.15, 0.2) is 41.3 Å². The van der Waals surface area contributed by atoms with Crippen LogP contribution in [0.5, 0.6) is 0 Å². The number of thioether (sulfide) groups is 1. The van der Waals surface area contributed by atoms with Crippen LogP contribution in [0.3, 0.4) is 0 Å². The maximum Gasteiger partial charge on any atom is 0.234 e. The summed E-state index contributed by atoms with van der Waals surface area (Å²) in [7, 11) is 0. The standard InChI is InChI=1S/C18H19ClFNOS/c1-3-12-6-5-7-13(4-2)18(12)21-17(22)11-23-14-8-9-16(20)15(19)10-14/h5-10H,3-4,11H2,1-2H3,(H,21,22). The number of carbonyl (C=O) groups is 1. The zero-order valence-corrected chi connectivity index (χ0v) is 14.7. The van der Waals surface area contributed by atoms with Crippen molar-refractivity contribution in [2.24, 2.45) is 0 Å². The zero-order chi connectivity index (χ0) is 16.8. The summed E-state index contributed by atoms with van der Waals surface area (Å²) in [4.78, 5) is 13.0. The van der Waals surface area contributed by atoms with E-state index in [2.05, 4.69) is 19.2 Å². The number of hydrogen-bond donors (Lipinski definition) is 1. The van der Waals surface area contributed by atoms with Gasteiger partial charge in [0.1, 0.15) is 5.82 Å². The average Bonchev–Trinajstić information content (AvgIpc) is 2.56. The third-order valence-electron chi connectivity index (χ3n) is 3.52. The largest absolute Gasteiger partial charge is 0.325 e. The van der Waals surface area contributed by atoms with Gasteiger partial charge in [-0.1, -0.05) is 43.6 Å². The molecule has 0 fully saturated rings. The van der Waals surface area contributed by atoms with Gasteiger partial charge >= 0.3 is 0 Å². The van der Waals surface area contributed by atoms with E-state index in [4.69, 9.17) is 11.6 Å². The Hall–Kier alpha value is -1.52. The highest BCUT2D eigenvalue weighted by Crippen LogP contribution is 2.26. The molecule has 122 valence electrons. The van der Waals surface area contributed by atoms with Crippen LogP contribution in [-0.2, 0) is 17.6 Å². The lowest BCUT2D eigenvalue weighted by atomic mass is 10.0. The topological polar surface area (TPSA) is 29.1 Å². The van der Waals surface area contributed by atoms with E-state index in [0.29, 0.717) is 0 Å². The first-order valence-electron chi connectivity index (χ1n) is 7.53. The second-order valence-electron chi connectivity index (χ2n) is 5.07. The maximum atomic E-state index is 13.1. The molecule has 0 heterocycles. The number of nitrogens with one attached hydrogen (secondary N) is 1. The lowest BCUT2D eigenvalue weighted by Gasteiger charge is -2.14. The number of anilines is 1. The lowest BCUT2D eigenvalue weighted by Crippen LogP contribution is -2.16. The van der Waals surface area contributed by atoms with Gasteiger partial charge in [0, 0.05) is 10.6 Å². The van der Waals surface area contributed by atoms with Crippen molar-refractivity contribution < 1.29 is 9.18 Å². The van der Waals surface area contributed by atoms with Crippen molar-refractivity contribution in [3.63, 3.8) is 0 Å². The number of rotatable bonds is 6. The average molecular weight is 352 g/mol. The molecule has 0 unspecified atom stereocenters. The van der Waals surface area contributed by atoms with Gasteiger partial charge in [0.15, 0.2) is 0 Å². The second kappa shape index (κ2) is 8.37. The molecule has 0 aliphatic heterocycles. The summed E-state index contributed by atoms with van der Waals surface area (Å²) in [6.45, 7) is 4.14. The molecule has 0 saturated carbocycles. The van der Waals surface area contributed by atoms with Crippen LogP contribution in [-0.4, -0.2) is 11.7 Å². The Morgan fingerprint density at radius 2 is 1.83 bits per heavy atom. The van der Waals surface area contributed by atoms with Crippen LogP contribution in [0.2, 0.25) is 5.02 Å². The molecule has 2 rings (SSSR count). The van der Waals surface area contributed by atoms with Gasteiger partial charge in [-0.25, -0.2) is 4.39 Å². The van der Waals surface area contributed by atoms with E-state index in [-0.39, 0.29) is 16.7 Å². The van der Waals surface area contributed by atoms with Crippen LogP contribution in [0.1, 0.15) is 25.0 Å². The number of halogens is 2. The van der Waals surface area contributed by atoms with Crippen LogP contribution in [0.25, 0.3) is 0 Å². The molecule has 23 heavy (non-hydrogen) atoms. The molecule has 0 aliphatic carbocycles. The molecule has 2 nitrogen and oxygen atoms in total. The SMILES string of the molecule is CCc1cccc(CC)c1NC(=O)CSc1ccc(F)c(Cl)c1. The summed E-state index contributed by atoms with van der Waals surface area (Å²) in [5, 5.41) is 3.08. The van der Waals surface area contributed by atoms with E-state index < -0.39 is 5.82 Å². The fraction of sp³-hybridized carbons (Fsp3) is 0.278. The highest BCUT2D eigenvalue weighted by molar-refractivity contribution is 8.00. The van der Waals surface area contributed by atoms with Crippen molar-refractivity contribution >= 4 is 35.0 Å². The van der Waals surface area contributed by atoms with Crippen molar-refractivity contribution in [2.75, 3.05) is 11.1 Å². The first-order chi connectivity index (χ1) is 11.0. The molecule has 0 bridgehead atoms. The van der Waals surface area contributed by atoms with E-state index in [1.54, 1.807) is 6.07 Å². The fourth-order valence-corrected chi connectivity index (χ4v) is 3.27. The number of hydrogen-bond acceptors (Lipinski definition) is 2. The minimum absolute atomic E-state index is 0.0695. The van der Waals surface area contributed by atoms with E-state index in [0.717, 1.165) is 34.6 Å². The van der Waals surface area contributed by atoms with Gasteiger partial charge < -0.3 is 5.32 Å². The predicted octanol–water partition coefficient (Wildman–Crippen LogP) is 5.33. The third-order valence-corrected chi connectivity index (χ3v) is 4.81. The molecule has 0 spiro atoms. The predicted molar refractivity (Wildman–Crippen MR) is 96.0 cm³/mol. The van der Waals surface area contributed by atoms with Gasteiger partial charge in [-0.15, -0.1) is 11.8 Å². The van der Waals surface area contributed by atoms with Crippen LogP contribution in [0.4, 0.5) is 10.1 Å². The molecule has 0 saturated heterocycles. The van der Waals surface area contributed by atoms with Crippen molar-refractivity contribution in [1.29, 1.82) is 0 Å². The smallest absolute Gasteiger partial charge is 0.234 e. The molecule has 0 aromatic heterocycles. The molecular weight excluding hydrogens is 333 g/mol. The van der Waals surface area contributed by atoms with Gasteiger partial charge in [-0.05, 0) is 42.2 Å². The summed E-state index contributed by atoms with van der Waals surface area (Å²) in [6, 6.07) is 10.5. The van der Waals surface area contributed by atoms with E-state index >= 15 is 0 Å². The molecule has 0 atom stereocenters. The molecule has 2 aromatic rings. The zero-order valence-electron chi connectivity index (χ0n) is 13.2. The van der Waals surface area contributed by atoms with Gasteiger partial charge in [0.2, 0.25) is 5.91 Å². The Morgan fingerprint density at radius 3 is 2.39 bits per heavy atom. The molecular formula is C18H19ClFNOS. The number of carbonyl (C=O) groups excluding carboxylic acids is 1. The minimum Gasteiger partial charge on any atom is -0.325 e. The van der Waals surface area contributed by atoms with Gasteiger partial charge in [0.05, 0.1) is 10.8 Å². The summed E-state index contributed by atoms with van der Waals surface area (Å²) < 4.78 is 13.1. The monoisotopic (exact) mass is 351 g/mol. The second-order valence-corrected chi connectivity index (χ2v) is 6.53. The van der Waals surface area contributed by atoms with Gasteiger partial charge in [-0.2, -0.15) is 0 Å². The fourth-order valence-electron chi connectivity index (χ4n) is 2.29. The number of para-hydroxylation sites is 1. The first kappa shape index (κ1) is 17.8. The summed E-state index contributed by atoms with van der Waals surface area (Å²) >= 11 is 7.08. The molecule has 1 amide bonds. The van der Waals surface area contributed by atoms with E-state index in [9.17, 15) is 9.18 Å². The molecule has 2 aromatic carbocycles. The van der Waals surface area contributed by atoms with Crippen molar-refractivity contribution in [1.82, 2.24) is 0 Å². The first-order valence-corrected chi connectivity index (χ1v) is 8.90. The van der Waals surface area contributed by atoms with Crippen LogP contribution >= 0.6 is 23.4 Å². The number of amides is 1. The Balaban J connectivity index is 2.04. The number of benzene rings is 2. The highest BCUT2D eigenvalue weighted by Gasteiger charge is 2.11. The Morgan fingerprint density at radius 1 is 1.17 bits per heavy atom. The quantitative estimate of drug-likeness (QED) is 0.712.